The minimum absolute atomic E-state index is 0.176. The monoisotopic (exact) mass is 405 g/mol. The number of halogens is 2. The van der Waals surface area contributed by atoms with Crippen LogP contribution in [0.15, 0.2) is 35.4 Å². The lowest BCUT2D eigenvalue weighted by Crippen LogP contribution is -2.34. The van der Waals surface area contributed by atoms with Gasteiger partial charge in [-0.2, -0.15) is 0 Å². The predicted octanol–water partition coefficient (Wildman–Crippen LogP) is 2.95. The van der Waals surface area contributed by atoms with Crippen LogP contribution in [0.25, 0.3) is 5.65 Å². The molecule has 2 heterocycles. The third kappa shape index (κ3) is 3.70. The van der Waals surface area contributed by atoms with Crippen molar-refractivity contribution in [3.63, 3.8) is 0 Å². The summed E-state index contributed by atoms with van der Waals surface area (Å²) >= 11 is 11.9. The van der Waals surface area contributed by atoms with Crippen LogP contribution in [0.3, 0.4) is 0 Å². The Kier molecular flexibility index (Phi) is 4.65. The number of amides is 1. The zero-order chi connectivity index (χ0) is 19.1. The van der Waals surface area contributed by atoms with Gasteiger partial charge >= 0.3 is 5.69 Å². The zero-order valence-corrected chi connectivity index (χ0v) is 16.0. The molecule has 0 bridgehead atoms. The number of nitrogens with zero attached hydrogens (tertiary/aromatic N) is 4. The maximum Gasteiger partial charge on any atom is 0.350 e. The van der Waals surface area contributed by atoms with Crippen molar-refractivity contribution >= 4 is 34.8 Å². The lowest BCUT2D eigenvalue weighted by Gasteiger charge is -2.14. The van der Waals surface area contributed by atoms with Gasteiger partial charge in [0.15, 0.2) is 5.65 Å². The molecule has 0 radical (unpaired) electrons. The molecule has 0 unspecified atom stereocenters. The Labute approximate surface area is 164 Å². The van der Waals surface area contributed by atoms with E-state index in [1.54, 1.807) is 30.6 Å². The van der Waals surface area contributed by atoms with E-state index in [1.165, 1.54) is 4.40 Å². The van der Waals surface area contributed by atoms with Crippen LogP contribution in [-0.4, -0.2) is 25.1 Å². The quantitative estimate of drug-likeness (QED) is 0.707. The fraction of sp³-hybridized carbons (Fsp3) is 0.333. The second kappa shape index (κ2) is 6.98. The minimum Gasteiger partial charge on any atom is -0.348 e. The van der Waals surface area contributed by atoms with Crippen molar-refractivity contribution in [1.82, 2.24) is 24.5 Å². The van der Waals surface area contributed by atoms with Crippen LogP contribution >= 0.6 is 23.2 Å². The number of fused-ring (bicyclic) bond motifs is 1. The molecule has 9 heteroatoms. The van der Waals surface area contributed by atoms with Gasteiger partial charge in [0.2, 0.25) is 5.91 Å². The Balaban J connectivity index is 1.49. The van der Waals surface area contributed by atoms with Gasteiger partial charge in [0, 0.05) is 12.1 Å². The molecule has 0 aliphatic heterocycles. The summed E-state index contributed by atoms with van der Waals surface area (Å²) in [5.41, 5.74) is 1.78. The van der Waals surface area contributed by atoms with Gasteiger partial charge < -0.3 is 5.32 Å². The van der Waals surface area contributed by atoms with E-state index in [0.717, 1.165) is 28.8 Å². The first kappa shape index (κ1) is 18.0. The number of benzene rings is 1. The largest absolute Gasteiger partial charge is 0.350 e. The van der Waals surface area contributed by atoms with Crippen molar-refractivity contribution in [3.05, 3.63) is 62.4 Å². The molecule has 1 aliphatic rings. The van der Waals surface area contributed by atoms with E-state index < -0.39 is 0 Å². The number of carbonyl (C=O) groups is 1. The first-order valence-corrected chi connectivity index (χ1v) is 9.37. The summed E-state index contributed by atoms with van der Waals surface area (Å²) in [4.78, 5) is 29.2. The van der Waals surface area contributed by atoms with Crippen molar-refractivity contribution < 1.29 is 4.79 Å². The summed E-state index contributed by atoms with van der Waals surface area (Å²) < 4.78 is 2.58. The number of nitrogens with one attached hydrogen (secondary N) is 1. The second-order valence-corrected chi connectivity index (χ2v) is 7.53. The van der Waals surface area contributed by atoms with Crippen LogP contribution in [0.4, 0.5) is 0 Å². The molecule has 4 rings (SSSR count). The SMILES string of the molecule is C[C@H](NC(=O)Cn1nc2cnc(C3CC3)cn2c1=O)c1ccc(Cl)c(Cl)c1. The third-order valence-corrected chi connectivity index (χ3v) is 5.34. The maximum absolute atomic E-state index is 12.5. The smallest absolute Gasteiger partial charge is 0.348 e. The summed E-state index contributed by atoms with van der Waals surface area (Å²) in [5.74, 6) is 0.106. The van der Waals surface area contributed by atoms with Gasteiger partial charge in [-0.05, 0) is 37.5 Å². The van der Waals surface area contributed by atoms with Gasteiger partial charge in [-0.15, -0.1) is 5.10 Å². The summed E-state index contributed by atoms with van der Waals surface area (Å²) in [6.07, 6.45) is 5.48. The summed E-state index contributed by atoms with van der Waals surface area (Å²) in [5, 5.41) is 7.90. The van der Waals surface area contributed by atoms with E-state index in [0.29, 0.717) is 21.6 Å². The molecule has 7 nitrogen and oxygen atoms in total. The molecule has 140 valence electrons. The van der Waals surface area contributed by atoms with E-state index in [9.17, 15) is 9.59 Å². The first-order chi connectivity index (χ1) is 12.9. The molecule has 0 spiro atoms. The van der Waals surface area contributed by atoms with Gasteiger partial charge in [-0.3, -0.25) is 9.78 Å². The number of hydrogen-bond acceptors (Lipinski definition) is 4. The van der Waals surface area contributed by atoms with E-state index >= 15 is 0 Å². The van der Waals surface area contributed by atoms with Gasteiger partial charge in [0.1, 0.15) is 6.54 Å². The number of hydrogen-bond donors (Lipinski definition) is 1. The summed E-state index contributed by atoms with van der Waals surface area (Å²) in [6.45, 7) is 1.65. The standard InChI is InChI=1S/C18H17Cl2N5O2/c1-10(12-4-5-13(19)14(20)6-12)22-17(26)9-25-18(27)24-8-15(11-2-3-11)21-7-16(24)23-25/h4-8,10-11H,2-3,9H2,1H3,(H,22,26)/t10-/m0/s1. The lowest BCUT2D eigenvalue weighted by molar-refractivity contribution is -0.122. The van der Waals surface area contributed by atoms with Crippen LogP contribution in [0.1, 0.15) is 43.0 Å². The molecule has 1 fully saturated rings. The van der Waals surface area contributed by atoms with E-state index in [4.69, 9.17) is 23.2 Å². The Morgan fingerprint density at radius 3 is 2.81 bits per heavy atom. The summed E-state index contributed by atoms with van der Waals surface area (Å²) in [7, 11) is 0. The Bertz CT molecular complexity index is 1090. The van der Waals surface area contributed by atoms with E-state index in [-0.39, 0.29) is 24.2 Å². The highest BCUT2D eigenvalue weighted by Gasteiger charge is 2.26. The Hall–Kier alpha value is -2.38. The van der Waals surface area contributed by atoms with Crippen molar-refractivity contribution in [2.75, 3.05) is 0 Å². The average molecular weight is 406 g/mol. The predicted molar refractivity (Wildman–Crippen MR) is 102 cm³/mol. The van der Waals surface area contributed by atoms with Crippen molar-refractivity contribution in [1.29, 1.82) is 0 Å². The third-order valence-electron chi connectivity index (χ3n) is 4.60. The average Bonchev–Trinajstić information content (AvgIpc) is 3.44. The van der Waals surface area contributed by atoms with Crippen molar-refractivity contribution in [3.8, 4) is 0 Å². The first-order valence-electron chi connectivity index (χ1n) is 8.62. The van der Waals surface area contributed by atoms with E-state index in [2.05, 4.69) is 15.4 Å². The molecule has 2 aromatic heterocycles. The van der Waals surface area contributed by atoms with E-state index in [1.807, 2.05) is 6.92 Å². The van der Waals surface area contributed by atoms with Crippen LogP contribution in [0.5, 0.6) is 0 Å². The number of rotatable bonds is 5. The molecule has 1 aliphatic carbocycles. The molecular weight excluding hydrogens is 389 g/mol. The van der Waals surface area contributed by atoms with Gasteiger partial charge in [-0.1, -0.05) is 29.3 Å². The zero-order valence-electron chi connectivity index (χ0n) is 14.5. The highest BCUT2D eigenvalue weighted by molar-refractivity contribution is 6.42. The topological polar surface area (TPSA) is 81.3 Å². The lowest BCUT2D eigenvalue weighted by atomic mass is 10.1. The van der Waals surface area contributed by atoms with Crippen LogP contribution < -0.4 is 11.0 Å². The van der Waals surface area contributed by atoms with Crippen molar-refractivity contribution in [2.24, 2.45) is 0 Å². The van der Waals surface area contributed by atoms with Gasteiger partial charge in [0.25, 0.3) is 0 Å². The highest BCUT2D eigenvalue weighted by atomic mass is 35.5. The fourth-order valence-electron chi connectivity index (χ4n) is 2.93. The number of carbonyl (C=O) groups excluding carboxylic acids is 1. The Morgan fingerprint density at radius 2 is 2.11 bits per heavy atom. The molecule has 1 atom stereocenters. The number of aromatic nitrogens is 4. The molecule has 1 N–H and O–H groups in total. The van der Waals surface area contributed by atoms with Gasteiger partial charge in [-0.25, -0.2) is 13.9 Å². The summed E-state index contributed by atoms with van der Waals surface area (Å²) in [6, 6.07) is 4.89. The van der Waals surface area contributed by atoms with Crippen LogP contribution in [0.2, 0.25) is 10.0 Å². The molecular formula is C18H17Cl2N5O2. The molecule has 1 aromatic carbocycles. The van der Waals surface area contributed by atoms with Crippen LogP contribution in [0, 0.1) is 0 Å². The highest BCUT2D eigenvalue weighted by Crippen LogP contribution is 2.38. The molecule has 27 heavy (non-hydrogen) atoms. The van der Waals surface area contributed by atoms with Crippen molar-refractivity contribution in [2.45, 2.75) is 38.3 Å². The second-order valence-electron chi connectivity index (χ2n) is 6.72. The molecule has 1 saturated carbocycles. The fourth-order valence-corrected chi connectivity index (χ4v) is 3.23. The normalized spacial score (nSPS) is 15.1. The Morgan fingerprint density at radius 1 is 1.33 bits per heavy atom. The molecule has 0 saturated heterocycles. The van der Waals surface area contributed by atoms with Gasteiger partial charge in [0.05, 0.1) is 28.0 Å². The maximum atomic E-state index is 12.5. The molecule has 3 aromatic rings. The molecule has 1 amide bonds. The minimum atomic E-state index is -0.355. The van der Waals surface area contributed by atoms with Crippen LogP contribution in [-0.2, 0) is 11.3 Å².